The lowest BCUT2D eigenvalue weighted by Gasteiger charge is -2.24. The fourth-order valence-corrected chi connectivity index (χ4v) is 5.36. The molecule has 0 aliphatic heterocycles. The third-order valence-corrected chi connectivity index (χ3v) is 7.70. The summed E-state index contributed by atoms with van der Waals surface area (Å²) in [7, 11) is 1.23. The third-order valence-electron chi connectivity index (χ3n) is 7.70. The second-order valence-electron chi connectivity index (χ2n) is 10.7. The molecule has 1 N–H and O–H groups in total. The minimum absolute atomic E-state index is 0.114. The molecule has 0 saturated heterocycles. The zero-order valence-electron chi connectivity index (χ0n) is 26.0. The normalized spacial score (nSPS) is 12.2. The summed E-state index contributed by atoms with van der Waals surface area (Å²) in [6.07, 6.45) is -4.47. The van der Waals surface area contributed by atoms with Gasteiger partial charge >= 0.3 is 17.8 Å². The highest BCUT2D eigenvalue weighted by atomic mass is 19.4. The van der Waals surface area contributed by atoms with Gasteiger partial charge < -0.3 is 14.8 Å². The predicted molar refractivity (Wildman–Crippen MR) is 165 cm³/mol. The van der Waals surface area contributed by atoms with Crippen molar-refractivity contribution < 1.29 is 36.2 Å². The van der Waals surface area contributed by atoms with Crippen molar-refractivity contribution >= 4 is 5.97 Å². The lowest BCUT2D eigenvalue weighted by atomic mass is 10.0. The summed E-state index contributed by atoms with van der Waals surface area (Å²) < 4.78 is 84.1. The second kappa shape index (κ2) is 15.2. The molecule has 0 aliphatic carbocycles. The van der Waals surface area contributed by atoms with Crippen LogP contribution in [-0.2, 0) is 28.8 Å². The first-order valence-corrected chi connectivity index (χ1v) is 14.8. The molecule has 0 saturated carbocycles. The number of nitrogens with zero attached hydrogens (tertiary/aromatic N) is 2. The van der Waals surface area contributed by atoms with Crippen molar-refractivity contribution in [2.45, 2.75) is 52.0 Å². The van der Waals surface area contributed by atoms with E-state index in [-0.39, 0.29) is 54.7 Å². The Balaban J connectivity index is 1.90. The number of esters is 1. The Morgan fingerprint density at radius 2 is 1.66 bits per heavy atom. The van der Waals surface area contributed by atoms with Crippen LogP contribution in [0.5, 0.6) is 5.75 Å². The Hall–Kier alpha value is -4.78. The van der Waals surface area contributed by atoms with Crippen LogP contribution in [0.4, 0.5) is 22.0 Å². The van der Waals surface area contributed by atoms with E-state index in [1.54, 1.807) is 37.3 Å². The van der Waals surface area contributed by atoms with Crippen LogP contribution in [0.25, 0.3) is 11.1 Å². The number of methoxy groups -OCH3 is 1. The van der Waals surface area contributed by atoms with Crippen LogP contribution in [0.15, 0.2) is 76.3 Å². The second-order valence-corrected chi connectivity index (χ2v) is 10.7. The fourth-order valence-electron chi connectivity index (χ4n) is 5.36. The molecule has 4 aromatic rings. The molecule has 1 heterocycles. The lowest BCUT2D eigenvalue weighted by molar-refractivity contribution is -0.143. The van der Waals surface area contributed by atoms with Crippen LogP contribution in [0.1, 0.15) is 48.2 Å². The molecule has 1 atom stereocenters. The number of nitrogens with one attached hydrogen (secondary N) is 1. The van der Waals surface area contributed by atoms with Crippen LogP contribution < -0.4 is 21.3 Å². The number of hydrogen-bond acceptors (Lipinski definition) is 6. The quantitative estimate of drug-likeness (QED) is 0.107. The van der Waals surface area contributed by atoms with E-state index in [1.807, 2.05) is 0 Å². The first kappa shape index (κ1) is 35.1. The van der Waals surface area contributed by atoms with Gasteiger partial charge in [0.05, 0.1) is 44.0 Å². The van der Waals surface area contributed by atoms with Crippen molar-refractivity contribution in [3.05, 3.63) is 122 Å². The molecule has 13 heteroatoms. The number of rotatable bonds is 13. The highest BCUT2D eigenvalue weighted by molar-refractivity contribution is 5.69. The molecule has 4 rings (SSSR count). The highest BCUT2D eigenvalue weighted by Crippen LogP contribution is 2.34. The van der Waals surface area contributed by atoms with Crippen LogP contribution in [0, 0.1) is 18.6 Å². The van der Waals surface area contributed by atoms with Gasteiger partial charge in [-0.25, -0.2) is 13.6 Å². The van der Waals surface area contributed by atoms with Gasteiger partial charge in [-0.05, 0) is 50.6 Å². The smallest absolute Gasteiger partial charge is 0.416 e. The molecule has 0 spiro atoms. The predicted octanol–water partition coefficient (Wildman–Crippen LogP) is 6.01. The van der Waals surface area contributed by atoms with Crippen molar-refractivity contribution in [2.24, 2.45) is 0 Å². The molecule has 1 aromatic heterocycles. The summed E-state index contributed by atoms with van der Waals surface area (Å²) in [5, 5.41) is 3.23. The Morgan fingerprint density at radius 1 is 0.957 bits per heavy atom. The van der Waals surface area contributed by atoms with E-state index in [0.29, 0.717) is 18.1 Å². The van der Waals surface area contributed by atoms with Gasteiger partial charge in [0.1, 0.15) is 5.82 Å². The molecular weight excluding hydrogens is 625 g/mol. The maximum Gasteiger partial charge on any atom is 0.416 e. The molecular formula is C34H34F5N3O5. The first-order valence-electron chi connectivity index (χ1n) is 14.8. The Kier molecular flexibility index (Phi) is 11.3. The molecule has 0 unspecified atom stereocenters. The molecule has 0 bridgehead atoms. The largest absolute Gasteiger partial charge is 0.494 e. The number of benzene rings is 3. The SMILES string of the molecule is CCOC(=O)CCCN[C@H](Cn1c(=O)c(-c2cccc(OC)c2F)c(C)n(Cc2c(F)cccc2C(F)(F)F)c1=O)c1ccccc1. The molecule has 0 radical (unpaired) electrons. The van der Waals surface area contributed by atoms with Crippen molar-refractivity contribution in [2.75, 3.05) is 20.3 Å². The van der Waals surface area contributed by atoms with Gasteiger partial charge in [0.15, 0.2) is 11.6 Å². The van der Waals surface area contributed by atoms with E-state index < -0.39 is 52.8 Å². The van der Waals surface area contributed by atoms with Gasteiger partial charge in [-0.1, -0.05) is 48.5 Å². The van der Waals surface area contributed by atoms with Crippen LogP contribution in [0.2, 0.25) is 0 Å². The van der Waals surface area contributed by atoms with Gasteiger partial charge in [0, 0.05) is 23.2 Å². The van der Waals surface area contributed by atoms with Crippen molar-refractivity contribution in [3.8, 4) is 16.9 Å². The summed E-state index contributed by atoms with van der Waals surface area (Å²) in [5.74, 6) is -2.72. The standard InChI is InChI=1S/C34H34F5N3O5/c1-4-47-29(43)17-10-18-40-27(22-11-6-5-7-12-22)20-42-32(44)30(23-13-8-16-28(46-3)31(23)36)21(2)41(33(42)45)19-24-25(34(37,38)39)14-9-15-26(24)35/h5-9,11-16,27,40H,4,10,17-20H2,1-3H3/t27-/m1/s1. The number of carbonyl (C=O) groups excluding carboxylic acids is 1. The van der Waals surface area contributed by atoms with Gasteiger partial charge in [0.25, 0.3) is 5.56 Å². The summed E-state index contributed by atoms with van der Waals surface area (Å²) >= 11 is 0. The molecule has 8 nitrogen and oxygen atoms in total. The maximum absolute atomic E-state index is 15.6. The maximum atomic E-state index is 15.6. The number of hydrogen-bond donors (Lipinski definition) is 1. The van der Waals surface area contributed by atoms with E-state index in [1.165, 1.54) is 32.2 Å². The van der Waals surface area contributed by atoms with Gasteiger partial charge in [-0.2, -0.15) is 13.2 Å². The average Bonchev–Trinajstić information content (AvgIpc) is 3.03. The zero-order chi connectivity index (χ0) is 34.3. The summed E-state index contributed by atoms with van der Waals surface area (Å²) in [6, 6.07) is 14.5. The zero-order valence-corrected chi connectivity index (χ0v) is 26.0. The minimum atomic E-state index is -4.95. The van der Waals surface area contributed by atoms with Crippen molar-refractivity contribution in [1.82, 2.24) is 14.5 Å². The summed E-state index contributed by atoms with van der Waals surface area (Å²) in [6.45, 7) is 2.26. The monoisotopic (exact) mass is 659 g/mol. The number of halogens is 5. The van der Waals surface area contributed by atoms with Crippen LogP contribution >= 0.6 is 0 Å². The molecule has 0 fully saturated rings. The Labute approximate surface area is 267 Å². The molecule has 250 valence electrons. The van der Waals surface area contributed by atoms with Crippen molar-refractivity contribution in [1.29, 1.82) is 0 Å². The first-order chi connectivity index (χ1) is 22.4. The van der Waals surface area contributed by atoms with E-state index in [0.717, 1.165) is 21.3 Å². The summed E-state index contributed by atoms with van der Waals surface area (Å²) in [5.41, 5.74) is -4.11. The molecule has 0 aliphatic rings. The van der Waals surface area contributed by atoms with Gasteiger partial charge in [0.2, 0.25) is 0 Å². The van der Waals surface area contributed by atoms with Gasteiger partial charge in [-0.15, -0.1) is 0 Å². The Bertz CT molecular complexity index is 1840. The Morgan fingerprint density at radius 3 is 2.32 bits per heavy atom. The summed E-state index contributed by atoms with van der Waals surface area (Å²) in [4.78, 5) is 40.0. The highest BCUT2D eigenvalue weighted by Gasteiger charge is 2.35. The number of aromatic nitrogens is 2. The molecule has 0 amide bonds. The number of ether oxygens (including phenoxy) is 2. The van der Waals surface area contributed by atoms with E-state index in [9.17, 15) is 27.6 Å². The van der Waals surface area contributed by atoms with E-state index in [4.69, 9.17) is 9.47 Å². The van der Waals surface area contributed by atoms with Crippen LogP contribution in [-0.4, -0.2) is 35.4 Å². The molecule has 47 heavy (non-hydrogen) atoms. The fraction of sp³-hybridized carbons (Fsp3) is 0.324. The topological polar surface area (TPSA) is 91.6 Å². The third kappa shape index (κ3) is 7.97. The van der Waals surface area contributed by atoms with Crippen molar-refractivity contribution in [3.63, 3.8) is 0 Å². The molecule has 3 aromatic carbocycles. The van der Waals surface area contributed by atoms with Gasteiger partial charge in [-0.3, -0.25) is 18.7 Å². The van der Waals surface area contributed by atoms with Crippen LogP contribution in [0.3, 0.4) is 0 Å². The lowest BCUT2D eigenvalue weighted by Crippen LogP contribution is -2.45. The van der Waals surface area contributed by atoms with E-state index >= 15 is 8.78 Å². The average molecular weight is 660 g/mol. The van der Waals surface area contributed by atoms with E-state index in [2.05, 4.69) is 5.32 Å². The number of carbonyl (C=O) groups is 1. The number of alkyl halides is 3. The minimum Gasteiger partial charge on any atom is -0.494 e.